The van der Waals surface area contributed by atoms with Gasteiger partial charge in [-0.15, -0.1) is 0 Å². The summed E-state index contributed by atoms with van der Waals surface area (Å²) in [5, 5.41) is 12.5. The topological polar surface area (TPSA) is 45.1 Å². The average Bonchev–Trinajstić information content (AvgIpc) is 2.37. The van der Waals surface area contributed by atoms with Crippen molar-refractivity contribution in [2.75, 3.05) is 6.61 Å². The summed E-state index contributed by atoms with van der Waals surface area (Å²) in [4.78, 5) is 4.52. The predicted octanol–water partition coefficient (Wildman–Crippen LogP) is 2.21. The molecule has 0 amide bonds. The van der Waals surface area contributed by atoms with Crippen LogP contribution in [0.2, 0.25) is 0 Å². The lowest BCUT2D eigenvalue weighted by atomic mass is 9.91. The van der Waals surface area contributed by atoms with Gasteiger partial charge in [-0.2, -0.15) is 0 Å². The second-order valence-corrected chi connectivity index (χ2v) is 4.93. The Kier molecular flexibility index (Phi) is 4.51. The SMILES string of the molecule is CC(CCCO)NC1CCCc2cccnc21. The van der Waals surface area contributed by atoms with Gasteiger partial charge in [0.15, 0.2) is 0 Å². The van der Waals surface area contributed by atoms with Crippen molar-refractivity contribution in [3.05, 3.63) is 29.6 Å². The van der Waals surface area contributed by atoms with Gasteiger partial charge in [0, 0.05) is 24.9 Å². The van der Waals surface area contributed by atoms with E-state index in [-0.39, 0.29) is 6.61 Å². The van der Waals surface area contributed by atoms with Crippen LogP contribution in [0.3, 0.4) is 0 Å². The van der Waals surface area contributed by atoms with Crippen molar-refractivity contribution in [1.29, 1.82) is 0 Å². The average molecular weight is 234 g/mol. The van der Waals surface area contributed by atoms with Gasteiger partial charge < -0.3 is 10.4 Å². The van der Waals surface area contributed by atoms with Crippen LogP contribution >= 0.6 is 0 Å². The maximum absolute atomic E-state index is 8.84. The monoisotopic (exact) mass is 234 g/mol. The first-order chi connectivity index (χ1) is 8.31. The van der Waals surface area contributed by atoms with Crippen LogP contribution in [0.1, 0.15) is 49.9 Å². The van der Waals surface area contributed by atoms with E-state index in [1.165, 1.54) is 24.1 Å². The van der Waals surface area contributed by atoms with E-state index in [0.29, 0.717) is 12.1 Å². The van der Waals surface area contributed by atoms with Crippen molar-refractivity contribution < 1.29 is 5.11 Å². The fraction of sp³-hybridized carbons (Fsp3) is 0.643. The van der Waals surface area contributed by atoms with E-state index in [4.69, 9.17) is 5.11 Å². The van der Waals surface area contributed by atoms with Gasteiger partial charge in [0.2, 0.25) is 0 Å². The molecule has 1 aliphatic rings. The number of aryl methyl sites for hydroxylation is 1. The number of nitrogens with zero attached hydrogens (tertiary/aromatic N) is 1. The summed E-state index contributed by atoms with van der Waals surface area (Å²) in [5.74, 6) is 0. The standard InChI is InChI=1S/C14H22N2O/c1-11(5-4-10-17)16-13-8-2-6-12-7-3-9-15-14(12)13/h3,7,9,11,13,16-17H,2,4-6,8,10H2,1H3. The number of aromatic nitrogens is 1. The van der Waals surface area contributed by atoms with Crippen molar-refractivity contribution in [2.45, 2.75) is 51.1 Å². The molecule has 0 spiro atoms. The fourth-order valence-electron chi connectivity index (χ4n) is 2.60. The van der Waals surface area contributed by atoms with Crippen molar-refractivity contribution in [3.8, 4) is 0 Å². The summed E-state index contributed by atoms with van der Waals surface area (Å²) in [7, 11) is 0. The molecule has 94 valence electrons. The van der Waals surface area contributed by atoms with Gasteiger partial charge in [-0.25, -0.2) is 0 Å². The largest absolute Gasteiger partial charge is 0.396 e. The second-order valence-electron chi connectivity index (χ2n) is 4.93. The van der Waals surface area contributed by atoms with Gasteiger partial charge in [-0.3, -0.25) is 4.98 Å². The molecule has 2 rings (SSSR count). The summed E-state index contributed by atoms with van der Waals surface area (Å²) in [5.41, 5.74) is 2.63. The lowest BCUT2D eigenvalue weighted by molar-refractivity contribution is 0.271. The molecule has 1 aromatic heterocycles. The highest BCUT2D eigenvalue weighted by atomic mass is 16.2. The van der Waals surface area contributed by atoms with Crippen LogP contribution in [0.15, 0.2) is 18.3 Å². The van der Waals surface area contributed by atoms with E-state index < -0.39 is 0 Å². The summed E-state index contributed by atoms with van der Waals surface area (Å²) >= 11 is 0. The van der Waals surface area contributed by atoms with Crippen molar-refractivity contribution >= 4 is 0 Å². The maximum atomic E-state index is 8.84. The first-order valence-corrected chi connectivity index (χ1v) is 6.62. The lowest BCUT2D eigenvalue weighted by Crippen LogP contribution is -2.33. The quantitative estimate of drug-likeness (QED) is 0.821. The number of rotatable bonds is 5. The minimum absolute atomic E-state index is 0.283. The van der Waals surface area contributed by atoms with E-state index in [9.17, 15) is 0 Å². The third-order valence-corrected chi connectivity index (χ3v) is 3.48. The number of aliphatic hydroxyl groups is 1. The van der Waals surface area contributed by atoms with Crippen LogP contribution in [0.5, 0.6) is 0 Å². The number of hydrogen-bond acceptors (Lipinski definition) is 3. The fourth-order valence-corrected chi connectivity index (χ4v) is 2.60. The van der Waals surface area contributed by atoms with Gasteiger partial charge in [-0.05, 0) is 50.7 Å². The molecule has 2 atom stereocenters. The number of pyridine rings is 1. The first-order valence-electron chi connectivity index (χ1n) is 6.62. The zero-order chi connectivity index (χ0) is 12.1. The highest BCUT2D eigenvalue weighted by Gasteiger charge is 2.22. The zero-order valence-electron chi connectivity index (χ0n) is 10.5. The van der Waals surface area contributed by atoms with Crippen molar-refractivity contribution in [2.24, 2.45) is 0 Å². The van der Waals surface area contributed by atoms with Crippen molar-refractivity contribution in [1.82, 2.24) is 10.3 Å². The second kappa shape index (κ2) is 6.12. The van der Waals surface area contributed by atoms with Crippen molar-refractivity contribution in [3.63, 3.8) is 0 Å². The van der Waals surface area contributed by atoms with Crippen LogP contribution in [-0.2, 0) is 6.42 Å². The summed E-state index contributed by atoms with van der Waals surface area (Å²) in [6.45, 7) is 2.47. The molecule has 1 aliphatic carbocycles. The molecule has 1 heterocycles. The Hall–Kier alpha value is -0.930. The highest BCUT2D eigenvalue weighted by Crippen LogP contribution is 2.28. The molecule has 2 unspecified atom stereocenters. The van der Waals surface area contributed by atoms with Crippen LogP contribution in [0, 0.1) is 0 Å². The molecule has 17 heavy (non-hydrogen) atoms. The van der Waals surface area contributed by atoms with Crippen LogP contribution in [0.4, 0.5) is 0 Å². The van der Waals surface area contributed by atoms with E-state index in [1.54, 1.807) is 0 Å². The normalized spacial score (nSPS) is 20.9. The Bertz CT molecular complexity index is 354. The number of aliphatic hydroxyl groups excluding tert-OH is 1. The molecular weight excluding hydrogens is 212 g/mol. The van der Waals surface area contributed by atoms with Crippen LogP contribution in [-0.4, -0.2) is 22.7 Å². The van der Waals surface area contributed by atoms with Gasteiger partial charge in [0.05, 0.1) is 5.69 Å². The molecule has 1 aromatic rings. The van der Waals surface area contributed by atoms with E-state index >= 15 is 0 Å². The molecular formula is C14H22N2O. The van der Waals surface area contributed by atoms with Crippen LogP contribution < -0.4 is 5.32 Å². The molecule has 0 bridgehead atoms. The summed E-state index contributed by atoms with van der Waals surface area (Å²) < 4.78 is 0. The Balaban J connectivity index is 1.98. The molecule has 0 radical (unpaired) electrons. The Morgan fingerprint density at radius 1 is 1.59 bits per heavy atom. The Morgan fingerprint density at radius 2 is 2.47 bits per heavy atom. The minimum Gasteiger partial charge on any atom is -0.396 e. The summed E-state index contributed by atoms with van der Waals surface area (Å²) in [6, 6.07) is 5.05. The van der Waals surface area contributed by atoms with Crippen LogP contribution in [0.25, 0.3) is 0 Å². The van der Waals surface area contributed by atoms with Gasteiger partial charge >= 0.3 is 0 Å². The number of nitrogens with one attached hydrogen (secondary N) is 1. The molecule has 3 nitrogen and oxygen atoms in total. The molecule has 0 aliphatic heterocycles. The highest BCUT2D eigenvalue weighted by molar-refractivity contribution is 5.25. The van der Waals surface area contributed by atoms with E-state index in [0.717, 1.165) is 19.3 Å². The molecule has 0 saturated carbocycles. The zero-order valence-corrected chi connectivity index (χ0v) is 10.5. The molecule has 0 fully saturated rings. The van der Waals surface area contributed by atoms with E-state index in [1.807, 2.05) is 12.3 Å². The third-order valence-electron chi connectivity index (χ3n) is 3.48. The maximum Gasteiger partial charge on any atom is 0.0605 e. The van der Waals surface area contributed by atoms with Gasteiger partial charge in [-0.1, -0.05) is 6.07 Å². The predicted molar refractivity (Wildman–Crippen MR) is 68.8 cm³/mol. The smallest absolute Gasteiger partial charge is 0.0605 e. The Labute approximate surface area is 103 Å². The van der Waals surface area contributed by atoms with Gasteiger partial charge in [0.25, 0.3) is 0 Å². The lowest BCUT2D eigenvalue weighted by Gasteiger charge is -2.28. The number of fused-ring (bicyclic) bond motifs is 1. The number of hydrogen-bond donors (Lipinski definition) is 2. The van der Waals surface area contributed by atoms with E-state index in [2.05, 4.69) is 23.3 Å². The molecule has 0 aromatic carbocycles. The first kappa shape index (κ1) is 12.5. The minimum atomic E-state index is 0.283. The van der Waals surface area contributed by atoms with Gasteiger partial charge in [0.1, 0.15) is 0 Å². The molecule has 0 saturated heterocycles. The summed E-state index contributed by atoms with van der Waals surface area (Å²) in [6.07, 6.45) is 7.35. The molecule has 2 N–H and O–H groups in total. The molecule has 3 heteroatoms. The Morgan fingerprint density at radius 3 is 3.29 bits per heavy atom. The third kappa shape index (κ3) is 3.27.